The van der Waals surface area contributed by atoms with Gasteiger partial charge in [-0.05, 0) is 64.7 Å². The van der Waals surface area contributed by atoms with Crippen molar-refractivity contribution in [3.8, 4) is 5.75 Å². The Morgan fingerprint density at radius 2 is 1.81 bits per heavy atom. The Labute approximate surface area is 220 Å². The van der Waals surface area contributed by atoms with E-state index in [1.165, 1.54) is 17.0 Å². The Kier molecular flexibility index (Phi) is 12.9. The molecule has 0 heterocycles. The van der Waals surface area contributed by atoms with Gasteiger partial charge in [0.1, 0.15) is 23.4 Å². The van der Waals surface area contributed by atoms with Crippen molar-refractivity contribution < 1.29 is 29.0 Å². The summed E-state index contributed by atoms with van der Waals surface area (Å²) in [5, 5.41) is 15.6. The summed E-state index contributed by atoms with van der Waals surface area (Å²) in [4.78, 5) is 53.0. The van der Waals surface area contributed by atoms with E-state index in [-0.39, 0.29) is 18.6 Å². The van der Waals surface area contributed by atoms with Crippen LogP contribution in [0.2, 0.25) is 0 Å². The highest BCUT2D eigenvalue weighted by Crippen LogP contribution is 2.28. The lowest BCUT2D eigenvalue weighted by Crippen LogP contribution is -2.55. The number of rotatable bonds is 14. The molecule has 0 aliphatic carbocycles. The third-order valence-corrected chi connectivity index (χ3v) is 5.78. The van der Waals surface area contributed by atoms with Crippen LogP contribution in [0.25, 0.3) is 0 Å². The van der Waals surface area contributed by atoms with Crippen molar-refractivity contribution in [2.24, 2.45) is 5.73 Å². The first kappa shape index (κ1) is 31.7. The van der Waals surface area contributed by atoms with Crippen molar-refractivity contribution in [1.29, 1.82) is 0 Å². The Hall–Kier alpha value is -3.30. The first-order chi connectivity index (χ1) is 17.3. The van der Waals surface area contributed by atoms with Crippen LogP contribution in [0.1, 0.15) is 91.7 Å². The number of unbranched alkanes of at least 4 members (excludes halogenated alkanes) is 2. The number of nitrogens with one attached hydrogen (secondary N) is 2. The van der Waals surface area contributed by atoms with Crippen LogP contribution in [0.15, 0.2) is 24.3 Å². The van der Waals surface area contributed by atoms with Crippen molar-refractivity contribution in [1.82, 2.24) is 15.5 Å². The number of hydrogen-bond donors (Lipinski definition) is 4. The normalized spacial score (nSPS) is 13.7. The average Bonchev–Trinajstić information content (AvgIpc) is 2.80. The van der Waals surface area contributed by atoms with E-state index < -0.39 is 47.5 Å². The standard InChI is InChI=1S/C27H44N4O6/c1-7-9-10-16-29-24(34)23(19-12-11-13-20(32)17-19)31(18(3)8-2)25(35)21(14-15-22(28)33)30-26(36)37-27(4,5)6/h11-13,17-18,21,23,32H,7-10,14-16H2,1-6H3,(H2,28,33)(H,29,34)(H,30,36). The smallest absolute Gasteiger partial charge is 0.408 e. The van der Waals surface area contributed by atoms with Gasteiger partial charge in [-0.15, -0.1) is 0 Å². The van der Waals surface area contributed by atoms with Crippen molar-refractivity contribution in [3.63, 3.8) is 0 Å². The van der Waals surface area contributed by atoms with E-state index >= 15 is 0 Å². The molecule has 0 radical (unpaired) electrons. The Balaban J connectivity index is 3.46. The molecule has 5 N–H and O–H groups in total. The van der Waals surface area contributed by atoms with Crippen LogP contribution in [0, 0.1) is 0 Å². The molecular weight excluding hydrogens is 476 g/mol. The molecule has 1 rings (SSSR count). The van der Waals surface area contributed by atoms with E-state index in [9.17, 15) is 24.3 Å². The molecule has 0 fully saturated rings. The maximum Gasteiger partial charge on any atom is 0.408 e. The summed E-state index contributed by atoms with van der Waals surface area (Å²) in [7, 11) is 0. The highest BCUT2D eigenvalue weighted by Gasteiger charge is 2.38. The van der Waals surface area contributed by atoms with E-state index in [4.69, 9.17) is 10.5 Å². The zero-order valence-electron chi connectivity index (χ0n) is 23.0. The molecular formula is C27H44N4O6. The van der Waals surface area contributed by atoms with Crippen LogP contribution in [0.3, 0.4) is 0 Å². The summed E-state index contributed by atoms with van der Waals surface area (Å²) in [6, 6.07) is 3.53. The Morgan fingerprint density at radius 1 is 1.14 bits per heavy atom. The minimum Gasteiger partial charge on any atom is -0.508 e. The lowest BCUT2D eigenvalue weighted by atomic mass is 9.98. The van der Waals surface area contributed by atoms with Crippen molar-refractivity contribution >= 4 is 23.8 Å². The number of phenolic OH excluding ortho intramolecular Hbond substituents is 1. The number of ether oxygens (including phenoxy) is 1. The number of nitrogens with two attached hydrogens (primary N) is 1. The molecule has 3 unspecified atom stereocenters. The zero-order valence-corrected chi connectivity index (χ0v) is 23.0. The maximum absolute atomic E-state index is 14.0. The van der Waals surface area contributed by atoms with Crippen molar-refractivity contribution in [2.75, 3.05) is 6.54 Å². The summed E-state index contributed by atoms with van der Waals surface area (Å²) >= 11 is 0. The van der Waals surface area contributed by atoms with Gasteiger partial charge in [-0.3, -0.25) is 14.4 Å². The zero-order chi connectivity index (χ0) is 28.2. The lowest BCUT2D eigenvalue weighted by molar-refractivity contribution is -0.145. The van der Waals surface area contributed by atoms with Gasteiger partial charge in [-0.1, -0.05) is 38.8 Å². The molecule has 0 saturated heterocycles. The molecule has 4 amide bonds. The van der Waals surface area contributed by atoms with Gasteiger partial charge < -0.3 is 31.1 Å². The van der Waals surface area contributed by atoms with E-state index in [2.05, 4.69) is 17.6 Å². The second kappa shape index (κ2) is 15.1. The number of phenols is 1. The predicted octanol–water partition coefficient (Wildman–Crippen LogP) is 3.53. The first-order valence-electron chi connectivity index (χ1n) is 13.0. The van der Waals surface area contributed by atoms with Gasteiger partial charge >= 0.3 is 6.09 Å². The SMILES string of the molecule is CCCCCNC(=O)C(c1cccc(O)c1)N(C(=O)C(CCC(N)=O)NC(=O)OC(C)(C)C)C(C)CC. The van der Waals surface area contributed by atoms with Crippen LogP contribution in [0.4, 0.5) is 4.79 Å². The van der Waals surface area contributed by atoms with E-state index in [0.29, 0.717) is 18.5 Å². The average molecular weight is 521 g/mol. The molecule has 1 aromatic rings. The van der Waals surface area contributed by atoms with Gasteiger partial charge in [0.05, 0.1) is 0 Å². The highest BCUT2D eigenvalue weighted by molar-refractivity contribution is 5.92. The van der Waals surface area contributed by atoms with Crippen LogP contribution in [0.5, 0.6) is 5.75 Å². The van der Waals surface area contributed by atoms with Gasteiger partial charge in [-0.2, -0.15) is 0 Å². The summed E-state index contributed by atoms with van der Waals surface area (Å²) < 4.78 is 5.33. The molecule has 0 saturated carbocycles. The number of nitrogens with zero attached hydrogens (tertiary/aromatic N) is 1. The van der Waals surface area contributed by atoms with Crippen LogP contribution >= 0.6 is 0 Å². The molecule has 208 valence electrons. The van der Waals surface area contributed by atoms with E-state index in [1.807, 2.05) is 6.92 Å². The second-order valence-electron chi connectivity index (χ2n) is 10.2. The molecule has 0 spiro atoms. The number of alkyl carbamates (subject to hydrolysis) is 1. The Bertz CT molecular complexity index is 914. The topological polar surface area (TPSA) is 151 Å². The number of primary amides is 1. The number of aromatic hydroxyl groups is 1. The van der Waals surface area contributed by atoms with Gasteiger partial charge in [0.2, 0.25) is 17.7 Å². The van der Waals surface area contributed by atoms with Gasteiger partial charge in [0.15, 0.2) is 0 Å². The van der Waals surface area contributed by atoms with Crippen molar-refractivity contribution in [3.05, 3.63) is 29.8 Å². The van der Waals surface area contributed by atoms with Crippen LogP contribution in [-0.4, -0.2) is 58.1 Å². The maximum atomic E-state index is 14.0. The van der Waals surface area contributed by atoms with Gasteiger partial charge in [0.25, 0.3) is 0 Å². The van der Waals surface area contributed by atoms with Crippen LogP contribution in [-0.2, 0) is 19.1 Å². The number of hydrogen-bond acceptors (Lipinski definition) is 6. The minimum absolute atomic E-state index is 0.0463. The highest BCUT2D eigenvalue weighted by atomic mass is 16.6. The van der Waals surface area contributed by atoms with Crippen LogP contribution < -0.4 is 16.4 Å². The lowest BCUT2D eigenvalue weighted by Gasteiger charge is -2.38. The van der Waals surface area contributed by atoms with Gasteiger partial charge in [-0.25, -0.2) is 4.79 Å². The summed E-state index contributed by atoms with van der Waals surface area (Å²) in [5.74, 6) is -1.63. The predicted molar refractivity (Wildman–Crippen MR) is 142 cm³/mol. The number of carbonyl (C=O) groups excluding carboxylic acids is 4. The molecule has 3 atom stereocenters. The molecule has 10 nitrogen and oxygen atoms in total. The number of amides is 4. The molecule has 37 heavy (non-hydrogen) atoms. The summed E-state index contributed by atoms with van der Waals surface area (Å²) in [6.07, 6.45) is 2.19. The fourth-order valence-corrected chi connectivity index (χ4v) is 3.79. The third kappa shape index (κ3) is 11.1. The fourth-order valence-electron chi connectivity index (χ4n) is 3.79. The third-order valence-electron chi connectivity index (χ3n) is 5.78. The minimum atomic E-state index is -1.16. The molecule has 0 aliphatic heterocycles. The molecule has 1 aromatic carbocycles. The first-order valence-corrected chi connectivity index (χ1v) is 13.0. The molecule has 0 bridgehead atoms. The molecule has 10 heteroatoms. The quantitative estimate of drug-likeness (QED) is 0.276. The van der Waals surface area contributed by atoms with Crippen molar-refractivity contribution in [2.45, 2.75) is 104 Å². The number of benzene rings is 1. The number of carbonyl (C=O) groups is 4. The van der Waals surface area contributed by atoms with Gasteiger partial charge in [0, 0.05) is 19.0 Å². The Morgan fingerprint density at radius 3 is 2.35 bits per heavy atom. The molecule has 0 aliphatic rings. The fraction of sp³-hybridized carbons (Fsp3) is 0.630. The van der Waals surface area contributed by atoms with E-state index in [1.54, 1.807) is 39.8 Å². The van der Waals surface area contributed by atoms with E-state index in [0.717, 1.165) is 19.3 Å². The largest absolute Gasteiger partial charge is 0.508 e. The monoisotopic (exact) mass is 520 g/mol. The second-order valence-corrected chi connectivity index (χ2v) is 10.2. The summed E-state index contributed by atoms with van der Waals surface area (Å²) in [5.41, 5.74) is 4.95. The summed E-state index contributed by atoms with van der Waals surface area (Å²) in [6.45, 7) is 11.3. The molecule has 0 aromatic heterocycles.